The van der Waals surface area contributed by atoms with Crippen molar-refractivity contribution in [3.63, 3.8) is 0 Å². The average molecular weight is 393 g/mol. The molecule has 1 atom stereocenters. The molecule has 0 aliphatic heterocycles. The molecule has 0 aliphatic rings. The lowest BCUT2D eigenvalue weighted by Crippen LogP contribution is -2.34. The molecule has 0 aliphatic carbocycles. The molecule has 2 heterocycles. The fourth-order valence-corrected chi connectivity index (χ4v) is 2.82. The second kappa shape index (κ2) is 7.83. The number of nitrogens with zero attached hydrogens (tertiary/aromatic N) is 5. The maximum Gasteiger partial charge on any atom is 0.433 e. The molecule has 0 amide bonds. The van der Waals surface area contributed by atoms with Gasteiger partial charge in [0.15, 0.2) is 5.69 Å². The Morgan fingerprint density at radius 1 is 1.29 bits per heavy atom. The monoisotopic (exact) mass is 393 g/mol. The highest BCUT2D eigenvalue weighted by atomic mass is 19.4. The van der Waals surface area contributed by atoms with Crippen LogP contribution in [0, 0.1) is 5.92 Å². The van der Waals surface area contributed by atoms with Crippen molar-refractivity contribution in [3.8, 4) is 0 Å². The summed E-state index contributed by atoms with van der Waals surface area (Å²) in [5.41, 5.74) is -0.218. The van der Waals surface area contributed by atoms with Crippen LogP contribution in [0.4, 0.5) is 19.0 Å². The minimum Gasteiger partial charge on any atom is -0.469 e. The molecule has 0 N–H and O–H groups in total. The lowest BCUT2D eigenvalue weighted by molar-refractivity contribution is -0.144. The smallest absolute Gasteiger partial charge is 0.433 e. The molecule has 0 saturated heterocycles. The highest BCUT2D eigenvalue weighted by molar-refractivity contribution is 5.72. The van der Waals surface area contributed by atoms with E-state index >= 15 is 0 Å². The molecule has 1 aromatic carbocycles. The Balaban J connectivity index is 2.08. The van der Waals surface area contributed by atoms with Gasteiger partial charge in [0.05, 0.1) is 13.0 Å². The molecular formula is C18H18F3N5O2. The van der Waals surface area contributed by atoms with E-state index in [1.165, 1.54) is 11.6 Å². The van der Waals surface area contributed by atoms with E-state index in [4.69, 9.17) is 4.74 Å². The second-order valence-electron chi connectivity index (χ2n) is 6.26. The van der Waals surface area contributed by atoms with E-state index in [0.29, 0.717) is 0 Å². The van der Waals surface area contributed by atoms with Crippen LogP contribution in [0.3, 0.4) is 0 Å². The van der Waals surface area contributed by atoms with E-state index < -0.39 is 23.8 Å². The summed E-state index contributed by atoms with van der Waals surface area (Å²) in [5.74, 6) is -1.07. The fourth-order valence-electron chi connectivity index (χ4n) is 2.82. The third-order valence-corrected chi connectivity index (χ3v) is 4.16. The molecule has 0 fully saturated rings. The average Bonchev–Trinajstić information content (AvgIpc) is 3.14. The molecular weight excluding hydrogens is 375 g/mol. The van der Waals surface area contributed by atoms with Crippen LogP contribution < -0.4 is 4.90 Å². The standard InChI is InChI=1S/C18H18F3N5O2/c1-12(16(27)28-2)9-25(10-13-6-4-3-5-7-13)15-8-14(18(19,20)21)24-17-22-11-23-26(15)17/h3-8,11-12H,9-10H2,1-2H3/t12-/m1/s1. The maximum atomic E-state index is 13.3. The number of anilines is 1. The zero-order valence-electron chi connectivity index (χ0n) is 15.2. The van der Waals surface area contributed by atoms with Crippen molar-refractivity contribution < 1.29 is 22.7 Å². The summed E-state index contributed by atoms with van der Waals surface area (Å²) in [7, 11) is 1.27. The van der Waals surface area contributed by atoms with Gasteiger partial charge in [0, 0.05) is 19.2 Å². The fraction of sp³-hybridized carbons (Fsp3) is 0.333. The summed E-state index contributed by atoms with van der Waals surface area (Å²) < 4.78 is 46.0. The van der Waals surface area contributed by atoms with Gasteiger partial charge >= 0.3 is 12.1 Å². The van der Waals surface area contributed by atoms with Crippen LogP contribution in [0.15, 0.2) is 42.7 Å². The summed E-state index contributed by atoms with van der Waals surface area (Å²) in [6.07, 6.45) is -3.51. The van der Waals surface area contributed by atoms with Crippen LogP contribution in [0.25, 0.3) is 5.78 Å². The Hall–Kier alpha value is -3.17. The van der Waals surface area contributed by atoms with E-state index in [1.807, 2.05) is 30.3 Å². The number of fused-ring (bicyclic) bond motifs is 1. The molecule has 0 radical (unpaired) electrons. The number of esters is 1. The van der Waals surface area contributed by atoms with Crippen LogP contribution in [0.5, 0.6) is 0 Å². The van der Waals surface area contributed by atoms with E-state index in [9.17, 15) is 18.0 Å². The van der Waals surface area contributed by atoms with Gasteiger partial charge in [0.1, 0.15) is 12.1 Å². The molecule has 0 bridgehead atoms. The Morgan fingerprint density at radius 3 is 2.64 bits per heavy atom. The molecule has 3 rings (SSSR count). The van der Waals surface area contributed by atoms with Crippen molar-refractivity contribution in [2.45, 2.75) is 19.6 Å². The molecule has 0 unspecified atom stereocenters. The number of benzene rings is 1. The number of rotatable bonds is 6. The molecule has 0 spiro atoms. The highest BCUT2D eigenvalue weighted by Crippen LogP contribution is 2.31. The molecule has 28 heavy (non-hydrogen) atoms. The van der Waals surface area contributed by atoms with Crippen LogP contribution in [-0.4, -0.2) is 39.2 Å². The van der Waals surface area contributed by atoms with Crippen molar-refractivity contribution in [2.75, 3.05) is 18.6 Å². The third-order valence-electron chi connectivity index (χ3n) is 4.16. The first-order valence-corrected chi connectivity index (χ1v) is 8.44. The van der Waals surface area contributed by atoms with Gasteiger partial charge in [-0.2, -0.15) is 27.8 Å². The lowest BCUT2D eigenvalue weighted by Gasteiger charge is -2.27. The molecule has 2 aromatic heterocycles. The summed E-state index contributed by atoms with van der Waals surface area (Å²) in [4.78, 5) is 20.9. The zero-order valence-corrected chi connectivity index (χ0v) is 15.2. The van der Waals surface area contributed by atoms with E-state index in [1.54, 1.807) is 11.8 Å². The van der Waals surface area contributed by atoms with Crippen LogP contribution >= 0.6 is 0 Å². The Bertz CT molecular complexity index is 959. The number of methoxy groups -OCH3 is 1. The summed E-state index contributed by atoms with van der Waals surface area (Å²) in [6.45, 7) is 2.03. The molecule has 10 heteroatoms. The van der Waals surface area contributed by atoms with Gasteiger partial charge < -0.3 is 9.64 Å². The minimum absolute atomic E-state index is 0.123. The number of aromatic nitrogens is 4. The van der Waals surface area contributed by atoms with Gasteiger partial charge in [-0.25, -0.2) is 4.98 Å². The van der Waals surface area contributed by atoms with Crippen molar-refractivity contribution >= 4 is 17.6 Å². The van der Waals surface area contributed by atoms with Gasteiger partial charge in [-0.15, -0.1) is 0 Å². The van der Waals surface area contributed by atoms with Crippen molar-refractivity contribution in [1.29, 1.82) is 0 Å². The van der Waals surface area contributed by atoms with Gasteiger partial charge in [-0.05, 0) is 5.56 Å². The first-order valence-electron chi connectivity index (χ1n) is 8.44. The number of carbonyl (C=O) groups is 1. The molecule has 7 nitrogen and oxygen atoms in total. The first-order chi connectivity index (χ1) is 13.3. The number of alkyl halides is 3. The van der Waals surface area contributed by atoms with Crippen LogP contribution in [0.2, 0.25) is 0 Å². The first kappa shape index (κ1) is 19.6. The lowest BCUT2D eigenvalue weighted by atomic mass is 10.1. The largest absolute Gasteiger partial charge is 0.469 e. The quantitative estimate of drug-likeness (QED) is 0.600. The predicted molar refractivity (Wildman–Crippen MR) is 94.5 cm³/mol. The zero-order chi connectivity index (χ0) is 20.3. The molecule has 3 aromatic rings. The van der Waals surface area contributed by atoms with Gasteiger partial charge in [0.2, 0.25) is 0 Å². The maximum absolute atomic E-state index is 13.3. The van der Waals surface area contributed by atoms with E-state index in [0.717, 1.165) is 18.0 Å². The second-order valence-corrected chi connectivity index (χ2v) is 6.26. The normalized spacial score (nSPS) is 12.8. The van der Waals surface area contributed by atoms with Gasteiger partial charge in [-0.1, -0.05) is 37.3 Å². The summed E-state index contributed by atoms with van der Waals surface area (Å²) in [6, 6.07) is 10.1. The van der Waals surface area contributed by atoms with E-state index in [-0.39, 0.29) is 24.7 Å². The van der Waals surface area contributed by atoms with Gasteiger partial charge in [-0.3, -0.25) is 4.79 Å². The highest BCUT2D eigenvalue weighted by Gasteiger charge is 2.35. The summed E-state index contributed by atoms with van der Waals surface area (Å²) >= 11 is 0. The third kappa shape index (κ3) is 4.21. The van der Waals surface area contributed by atoms with Crippen molar-refractivity contribution in [2.24, 2.45) is 5.92 Å². The topological polar surface area (TPSA) is 72.6 Å². The number of carbonyl (C=O) groups excluding carboxylic acids is 1. The SMILES string of the molecule is COC(=O)[C@H](C)CN(Cc1ccccc1)c1cc(C(F)(F)F)nc2ncnn12. The Morgan fingerprint density at radius 2 is 2.00 bits per heavy atom. The summed E-state index contributed by atoms with van der Waals surface area (Å²) in [5, 5.41) is 3.99. The number of hydrogen-bond donors (Lipinski definition) is 0. The Labute approximate surface area is 158 Å². The number of ether oxygens (including phenoxy) is 1. The van der Waals surface area contributed by atoms with E-state index in [2.05, 4.69) is 15.1 Å². The predicted octanol–water partition coefficient (Wildman–Crippen LogP) is 2.96. The van der Waals surface area contributed by atoms with Crippen molar-refractivity contribution in [1.82, 2.24) is 19.6 Å². The van der Waals surface area contributed by atoms with Crippen molar-refractivity contribution in [3.05, 3.63) is 54.0 Å². The number of halogens is 3. The molecule has 148 valence electrons. The molecule has 0 saturated carbocycles. The Kier molecular flexibility index (Phi) is 5.48. The minimum atomic E-state index is -4.64. The number of hydrogen-bond acceptors (Lipinski definition) is 6. The van der Waals surface area contributed by atoms with Crippen LogP contribution in [0.1, 0.15) is 18.2 Å². The van der Waals surface area contributed by atoms with Gasteiger partial charge in [0.25, 0.3) is 5.78 Å². The van der Waals surface area contributed by atoms with Crippen LogP contribution in [-0.2, 0) is 22.3 Å².